The fourth-order valence-corrected chi connectivity index (χ4v) is 4.63. The van der Waals surface area contributed by atoms with Gasteiger partial charge in [-0.05, 0) is 65.4 Å². The number of nitrogens with zero attached hydrogens (tertiary/aromatic N) is 1. The standard InChI is InChI=1S/C31H32N2O5/c1-18-10-13-21(31(3,4)5)16-25(18)28(35)26-27(20-11-14-24(38-6)15-12-20)33(30(37)29(26)36)23-9-7-8-22(17-23)32-19(2)34/h7-17,27,35H,1-6H3,(H,32,34)/b28-26+. The Morgan fingerprint density at radius 3 is 2.29 bits per heavy atom. The minimum absolute atomic E-state index is 0.000689. The fraction of sp³-hybridized carbons (Fsp3) is 0.258. The number of Topliss-reactive ketones (excluding diaryl/α,β-unsaturated/α-hetero) is 1. The molecule has 2 amide bonds. The van der Waals surface area contributed by atoms with Gasteiger partial charge in [0.15, 0.2) is 0 Å². The van der Waals surface area contributed by atoms with E-state index in [0.29, 0.717) is 28.3 Å². The molecule has 7 heteroatoms. The molecule has 1 fully saturated rings. The van der Waals surface area contributed by atoms with E-state index in [1.165, 1.54) is 11.8 Å². The Bertz CT molecular complexity index is 1450. The molecule has 1 unspecified atom stereocenters. The Balaban J connectivity index is 1.95. The van der Waals surface area contributed by atoms with Crippen molar-refractivity contribution in [3.63, 3.8) is 0 Å². The molecule has 0 aliphatic carbocycles. The van der Waals surface area contributed by atoms with Gasteiger partial charge in [0.25, 0.3) is 11.7 Å². The van der Waals surface area contributed by atoms with Gasteiger partial charge >= 0.3 is 0 Å². The SMILES string of the molecule is COc1ccc(C2/C(=C(\O)c3cc(C(C)(C)C)ccc3C)C(=O)C(=O)N2c2cccc(NC(C)=O)c2)cc1. The number of amides is 2. The summed E-state index contributed by atoms with van der Waals surface area (Å²) >= 11 is 0. The van der Waals surface area contributed by atoms with Crippen LogP contribution in [-0.2, 0) is 19.8 Å². The molecular formula is C31H32N2O5. The monoisotopic (exact) mass is 512 g/mol. The highest BCUT2D eigenvalue weighted by atomic mass is 16.5. The second-order valence-electron chi connectivity index (χ2n) is 10.5. The highest BCUT2D eigenvalue weighted by Crippen LogP contribution is 2.43. The van der Waals surface area contributed by atoms with Crippen molar-refractivity contribution in [1.82, 2.24) is 0 Å². The Kier molecular flexibility index (Phi) is 7.14. The lowest BCUT2D eigenvalue weighted by Crippen LogP contribution is -2.29. The lowest BCUT2D eigenvalue weighted by molar-refractivity contribution is -0.132. The number of anilines is 2. The molecular weight excluding hydrogens is 480 g/mol. The minimum atomic E-state index is -0.897. The number of ketones is 1. The number of benzene rings is 3. The van der Waals surface area contributed by atoms with E-state index in [9.17, 15) is 19.5 Å². The van der Waals surface area contributed by atoms with Crippen LogP contribution in [0.3, 0.4) is 0 Å². The van der Waals surface area contributed by atoms with Crippen molar-refractivity contribution in [2.24, 2.45) is 0 Å². The topological polar surface area (TPSA) is 95.9 Å². The average Bonchev–Trinajstić information content (AvgIpc) is 3.13. The third-order valence-electron chi connectivity index (χ3n) is 6.68. The lowest BCUT2D eigenvalue weighted by atomic mass is 9.84. The number of aliphatic hydroxyl groups is 1. The van der Waals surface area contributed by atoms with E-state index in [-0.39, 0.29) is 22.7 Å². The second-order valence-corrected chi connectivity index (χ2v) is 10.5. The van der Waals surface area contributed by atoms with Crippen molar-refractivity contribution >= 4 is 34.7 Å². The van der Waals surface area contributed by atoms with Crippen molar-refractivity contribution < 1.29 is 24.2 Å². The summed E-state index contributed by atoms with van der Waals surface area (Å²) < 4.78 is 5.29. The summed E-state index contributed by atoms with van der Waals surface area (Å²) in [7, 11) is 1.56. The molecule has 4 rings (SSSR count). The van der Waals surface area contributed by atoms with Crippen molar-refractivity contribution in [3.05, 3.63) is 94.6 Å². The van der Waals surface area contributed by atoms with Crippen LogP contribution in [0.1, 0.15) is 56.0 Å². The molecule has 0 saturated carbocycles. The molecule has 7 nitrogen and oxygen atoms in total. The largest absolute Gasteiger partial charge is 0.507 e. The maximum Gasteiger partial charge on any atom is 0.300 e. The normalized spacial score (nSPS) is 17.0. The van der Waals surface area contributed by atoms with Gasteiger partial charge in [-0.25, -0.2) is 0 Å². The quantitative estimate of drug-likeness (QED) is 0.253. The number of hydrogen-bond acceptors (Lipinski definition) is 5. The van der Waals surface area contributed by atoms with Gasteiger partial charge in [0.05, 0.1) is 18.7 Å². The Morgan fingerprint density at radius 1 is 1.00 bits per heavy atom. The van der Waals surface area contributed by atoms with Gasteiger partial charge in [-0.3, -0.25) is 19.3 Å². The molecule has 3 aromatic carbocycles. The van der Waals surface area contributed by atoms with Gasteiger partial charge in [0, 0.05) is 23.9 Å². The molecule has 0 spiro atoms. The minimum Gasteiger partial charge on any atom is -0.507 e. The maximum absolute atomic E-state index is 13.6. The number of carbonyl (C=O) groups is 3. The van der Waals surface area contributed by atoms with Crippen molar-refractivity contribution in [2.75, 3.05) is 17.3 Å². The zero-order chi connectivity index (χ0) is 27.8. The predicted octanol–water partition coefficient (Wildman–Crippen LogP) is 5.89. The molecule has 0 radical (unpaired) electrons. The molecule has 3 aromatic rings. The van der Waals surface area contributed by atoms with Gasteiger partial charge in [-0.1, -0.05) is 51.1 Å². The number of rotatable bonds is 5. The molecule has 0 aromatic heterocycles. The van der Waals surface area contributed by atoms with E-state index in [4.69, 9.17) is 4.74 Å². The molecule has 1 saturated heterocycles. The molecule has 1 heterocycles. The zero-order valence-electron chi connectivity index (χ0n) is 22.5. The van der Waals surface area contributed by atoms with Gasteiger partial charge in [0.2, 0.25) is 5.91 Å². The summed E-state index contributed by atoms with van der Waals surface area (Å²) in [5.74, 6) is -1.42. The number of methoxy groups -OCH3 is 1. The molecule has 0 bridgehead atoms. The van der Waals surface area contributed by atoms with Crippen molar-refractivity contribution in [1.29, 1.82) is 0 Å². The zero-order valence-corrected chi connectivity index (χ0v) is 22.5. The van der Waals surface area contributed by atoms with Crippen molar-refractivity contribution in [3.8, 4) is 5.75 Å². The van der Waals surface area contributed by atoms with E-state index < -0.39 is 17.7 Å². The summed E-state index contributed by atoms with van der Waals surface area (Å²) in [5, 5.41) is 14.4. The number of carbonyl (C=O) groups excluding carboxylic acids is 3. The fourth-order valence-electron chi connectivity index (χ4n) is 4.63. The first-order chi connectivity index (χ1) is 17.9. The van der Waals surface area contributed by atoms with Crippen LogP contribution in [0.25, 0.3) is 5.76 Å². The Hall–Kier alpha value is -4.39. The van der Waals surface area contributed by atoms with Gasteiger partial charge < -0.3 is 15.2 Å². The third-order valence-corrected chi connectivity index (χ3v) is 6.68. The Morgan fingerprint density at radius 2 is 1.68 bits per heavy atom. The maximum atomic E-state index is 13.6. The number of aliphatic hydroxyl groups excluding tert-OH is 1. The van der Waals surface area contributed by atoms with E-state index in [1.807, 2.05) is 25.1 Å². The summed E-state index contributed by atoms with van der Waals surface area (Å²) in [6.45, 7) is 9.46. The van der Waals surface area contributed by atoms with Gasteiger partial charge in [-0.15, -0.1) is 0 Å². The van der Waals surface area contributed by atoms with Crippen LogP contribution in [0.15, 0.2) is 72.3 Å². The Labute approximate surface area is 222 Å². The number of hydrogen-bond donors (Lipinski definition) is 2. The van der Waals surface area contributed by atoms with Crippen LogP contribution in [0.4, 0.5) is 11.4 Å². The highest BCUT2D eigenvalue weighted by Gasteiger charge is 2.47. The molecule has 1 atom stereocenters. The van der Waals surface area contributed by atoms with Crippen LogP contribution < -0.4 is 15.0 Å². The average molecular weight is 513 g/mol. The first-order valence-electron chi connectivity index (χ1n) is 12.4. The molecule has 38 heavy (non-hydrogen) atoms. The van der Waals surface area contributed by atoms with Crippen LogP contribution in [-0.4, -0.2) is 29.8 Å². The summed E-state index contributed by atoms with van der Waals surface area (Å²) in [5.41, 5.74) is 3.61. The number of nitrogens with one attached hydrogen (secondary N) is 1. The smallest absolute Gasteiger partial charge is 0.300 e. The first kappa shape index (κ1) is 26.7. The number of aryl methyl sites for hydroxylation is 1. The van der Waals surface area contributed by atoms with Crippen LogP contribution in [0, 0.1) is 6.92 Å². The van der Waals surface area contributed by atoms with Crippen LogP contribution in [0.2, 0.25) is 0 Å². The predicted molar refractivity (Wildman–Crippen MR) is 148 cm³/mol. The first-order valence-corrected chi connectivity index (χ1v) is 12.4. The molecule has 196 valence electrons. The van der Waals surface area contributed by atoms with Crippen LogP contribution in [0.5, 0.6) is 5.75 Å². The second kappa shape index (κ2) is 10.2. The van der Waals surface area contributed by atoms with E-state index in [0.717, 1.165) is 11.1 Å². The van der Waals surface area contributed by atoms with Crippen LogP contribution >= 0.6 is 0 Å². The summed E-state index contributed by atoms with van der Waals surface area (Å²) in [6.07, 6.45) is 0. The summed E-state index contributed by atoms with van der Waals surface area (Å²) in [4.78, 5) is 40.1. The van der Waals surface area contributed by atoms with Crippen molar-refractivity contribution in [2.45, 2.75) is 46.1 Å². The lowest BCUT2D eigenvalue weighted by Gasteiger charge is -2.26. The summed E-state index contributed by atoms with van der Waals surface area (Å²) in [6, 6.07) is 18.6. The third kappa shape index (κ3) is 5.05. The highest BCUT2D eigenvalue weighted by molar-refractivity contribution is 6.51. The van der Waals surface area contributed by atoms with Gasteiger partial charge in [0.1, 0.15) is 11.5 Å². The van der Waals surface area contributed by atoms with Gasteiger partial charge in [-0.2, -0.15) is 0 Å². The van der Waals surface area contributed by atoms with E-state index in [1.54, 1.807) is 55.6 Å². The molecule has 1 aliphatic heterocycles. The van der Waals surface area contributed by atoms with E-state index in [2.05, 4.69) is 26.1 Å². The molecule has 1 aliphatic rings. The number of ether oxygens (including phenoxy) is 1. The molecule has 2 N–H and O–H groups in total. The van der Waals surface area contributed by atoms with E-state index >= 15 is 0 Å².